The van der Waals surface area contributed by atoms with Crippen LogP contribution in [0.3, 0.4) is 0 Å². The fourth-order valence-electron chi connectivity index (χ4n) is 2.87. The molecule has 1 saturated heterocycles. The molecule has 2 heterocycles. The van der Waals surface area contributed by atoms with E-state index in [1.807, 2.05) is 29.2 Å². The third-order valence-corrected chi connectivity index (χ3v) is 4.02. The van der Waals surface area contributed by atoms with Gasteiger partial charge in [0.2, 0.25) is 5.91 Å². The van der Waals surface area contributed by atoms with Crippen molar-refractivity contribution >= 4 is 16.9 Å². The fourth-order valence-corrected chi connectivity index (χ4v) is 2.87. The molecule has 1 aromatic carbocycles. The zero-order valence-corrected chi connectivity index (χ0v) is 12.7. The number of hydrogen-bond acceptors (Lipinski definition) is 5. The normalized spacial score (nSPS) is 17.8. The molecule has 3 rings (SSSR count). The maximum Gasteiger partial charge on any atom is 0.228 e. The summed E-state index contributed by atoms with van der Waals surface area (Å²) in [6.45, 7) is 5.44. The molecule has 0 spiro atoms. The summed E-state index contributed by atoms with van der Waals surface area (Å²) in [6, 6.07) is 7.59. The third kappa shape index (κ3) is 3.28. The van der Waals surface area contributed by atoms with Crippen LogP contribution in [0.4, 0.5) is 0 Å². The second-order valence-corrected chi connectivity index (χ2v) is 5.83. The van der Waals surface area contributed by atoms with E-state index in [0.29, 0.717) is 30.9 Å². The largest absolute Gasteiger partial charge is 0.392 e. The van der Waals surface area contributed by atoms with Gasteiger partial charge in [-0.3, -0.25) is 9.69 Å². The van der Waals surface area contributed by atoms with E-state index in [0.717, 1.165) is 18.5 Å². The number of benzene rings is 1. The maximum absolute atomic E-state index is 12.4. The van der Waals surface area contributed by atoms with Crippen molar-refractivity contribution in [3.05, 3.63) is 30.0 Å². The summed E-state index contributed by atoms with van der Waals surface area (Å²) < 4.78 is 5.24. The Morgan fingerprint density at radius 2 is 2.05 bits per heavy atom. The topological polar surface area (TPSA) is 69.8 Å². The Balaban J connectivity index is 1.59. The Bertz CT molecular complexity index is 645. The van der Waals surface area contributed by atoms with Gasteiger partial charge in [0.1, 0.15) is 5.69 Å². The highest BCUT2D eigenvalue weighted by molar-refractivity contribution is 5.86. The van der Waals surface area contributed by atoms with Crippen LogP contribution in [0.2, 0.25) is 0 Å². The first-order valence-corrected chi connectivity index (χ1v) is 7.65. The summed E-state index contributed by atoms with van der Waals surface area (Å²) in [6.07, 6.45) is -0.0586. The van der Waals surface area contributed by atoms with Crippen LogP contribution >= 0.6 is 0 Å². The number of aliphatic hydroxyl groups excluding tert-OH is 1. The van der Waals surface area contributed by atoms with Crippen molar-refractivity contribution in [1.82, 2.24) is 15.0 Å². The predicted molar refractivity (Wildman–Crippen MR) is 82.4 cm³/mol. The number of rotatable bonds is 4. The number of piperazine rings is 1. The van der Waals surface area contributed by atoms with E-state index in [4.69, 9.17) is 4.52 Å². The molecule has 0 aliphatic carbocycles. The molecule has 0 saturated carbocycles. The number of aliphatic hydroxyl groups is 1. The second kappa shape index (κ2) is 6.46. The van der Waals surface area contributed by atoms with E-state index in [2.05, 4.69) is 10.1 Å². The first-order chi connectivity index (χ1) is 10.6. The molecule has 2 aromatic rings. The summed E-state index contributed by atoms with van der Waals surface area (Å²) in [4.78, 5) is 16.5. The number of nitrogens with zero attached hydrogens (tertiary/aromatic N) is 3. The molecule has 6 nitrogen and oxygen atoms in total. The molecule has 1 aliphatic rings. The third-order valence-electron chi connectivity index (χ3n) is 4.02. The van der Waals surface area contributed by atoms with Crippen LogP contribution in [0.1, 0.15) is 12.6 Å². The van der Waals surface area contributed by atoms with Crippen LogP contribution in [0.25, 0.3) is 11.0 Å². The summed E-state index contributed by atoms with van der Waals surface area (Å²) in [7, 11) is 0. The lowest BCUT2D eigenvalue weighted by Gasteiger charge is -2.35. The fraction of sp³-hybridized carbons (Fsp3) is 0.500. The first-order valence-electron chi connectivity index (χ1n) is 7.65. The predicted octanol–water partition coefficient (Wildman–Crippen LogP) is 0.895. The quantitative estimate of drug-likeness (QED) is 0.908. The van der Waals surface area contributed by atoms with Crippen molar-refractivity contribution in [2.24, 2.45) is 0 Å². The lowest BCUT2D eigenvalue weighted by Crippen LogP contribution is -2.50. The first kappa shape index (κ1) is 15.0. The van der Waals surface area contributed by atoms with Gasteiger partial charge < -0.3 is 14.5 Å². The van der Waals surface area contributed by atoms with E-state index in [9.17, 15) is 9.90 Å². The molecule has 22 heavy (non-hydrogen) atoms. The number of fused-ring (bicyclic) bond motifs is 1. The van der Waals surface area contributed by atoms with Gasteiger partial charge in [0.15, 0.2) is 5.58 Å². The number of amides is 1. The molecule has 0 radical (unpaired) electrons. The summed E-state index contributed by atoms with van der Waals surface area (Å²) in [5.41, 5.74) is 1.42. The summed E-state index contributed by atoms with van der Waals surface area (Å²) >= 11 is 0. The Kier molecular flexibility index (Phi) is 4.40. The highest BCUT2D eigenvalue weighted by Gasteiger charge is 2.23. The average molecular weight is 303 g/mol. The lowest BCUT2D eigenvalue weighted by molar-refractivity contribution is -0.132. The molecule has 1 aromatic heterocycles. The Hall–Kier alpha value is -1.92. The Labute approximate surface area is 129 Å². The Morgan fingerprint density at radius 3 is 2.77 bits per heavy atom. The SMILES string of the molecule is CC(O)CN1CCN(C(=O)Cc2noc3ccccc23)CC1. The van der Waals surface area contributed by atoms with Gasteiger partial charge in [-0.05, 0) is 19.1 Å². The number of aromatic nitrogens is 1. The number of β-amino-alcohol motifs (C(OH)–C–C–N with tert-alkyl or cyclic N) is 1. The van der Waals surface area contributed by atoms with Crippen molar-refractivity contribution < 1.29 is 14.4 Å². The molecule has 1 unspecified atom stereocenters. The zero-order valence-electron chi connectivity index (χ0n) is 12.7. The smallest absolute Gasteiger partial charge is 0.228 e. The van der Waals surface area contributed by atoms with E-state index < -0.39 is 0 Å². The second-order valence-electron chi connectivity index (χ2n) is 5.83. The minimum Gasteiger partial charge on any atom is -0.392 e. The van der Waals surface area contributed by atoms with E-state index in [-0.39, 0.29) is 18.4 Å². The average Bonchev–Trinajstić information content (AvgIpc) is 2.91. The van der Waals surface area contributed by atoms with Crippen molar-refractivity contribution in [2.75, 3.05) is 32.7 Å². The Morgan fingerprint density at radius 1 is 1.32 bits per heavy atom. The summed E-state index contributed by atoms with van der Waals surface area (Å²) in [5.74, 6) is 0.0794. The number of carbonyl (C=O) groups is 1. The number of para-hydroxylation sites is 1. The summed E-state index contributed by atoms with van der Waals surface area (Å²) in [5, 5.41) is 14.3. The highest BCUT2D eigenvalue weighted by Crippen LogP contribution is 2.19. The molecular weight excluding hydrogens is 282 g/mol. The molecule has 1 N–H and O–H groups in total. The molecule has 1 aliphatic heterocycles. The van der Waals surface area contributed by atoms with Gasteiger partial charge in [0, 0.05) is 38.1 Å². The standard InChI is InChI=1S/C16H21N3O3/c1-12(20)11-18-6-8-19(9-7-18)16(21)10-14-13-4-2-3-5-15(13)22-17-14/h2-5,12,20H,6-11H2,1H3. The minimum absolute atomic E-state index is 0.0794. The van der Waals surface area contributed by atoms with Gasteiger partial charge in [-0.1, -0.05) is 17.3 Å². The molecule has 118 valence electrons. The van der Waals surface area contributed by atoms with Crippen molar-refractivity contribution in [2.45, 2.75) is 19.4 Å². The minimum atomic E-state index is -0.330. The van der Waals surface area contributed by atoms with E-state index in [1.165, 1.54) is 0 Å². The number of hydrogen-bond donors (Lipinski definition) is 1. The van der Waals surface area contributed by atoms with Crippen LogP contribution in [0, 0.1) is 0 Å². The van der Waals surface area contributed by atoms with Crippen LogP contribution in [-0.4, -0.2) is 64.8 Å². The van der Waals surface area contributed by atoms with Gasteiger partial charge in [-0.15, -0.1) is 0 Å². The van der Waals surface area contributed by atoms with Crippen molar-refractivity contribution in [3.8, 4) is 0 Å². The highest BCUT2D eigenvalue weighted by atomic mass is 16.5. The van der Waals surface area contributed by atoms with Crippen LogP contribution in [0.15, 0.2) is 28.8 Å². The lowest BCUT2D eigenvalue weighted by atomic mass is 10.1. The van der Waals surface area contributed by atoms with Gasteiger partial charge in [0.05, 0.1) is 12.5 Å². The van der Waals surface area contributed by atoms with Gasteiger partial charge in [-0.2, -0.15) is 0 Å². The molecule has 1 amide bonds. The van der Waals surface area contributed by atoms with Crippen molar-refractivity contribution in [3.63, 3.8) is 0 Å². The number of carbonyl (C=O) groups excluding carboxylic acids is 1. The van der Waals surface area contributed by atoms with Gasteiger partial charge >= 0.3 is 0 Å². The zero-order chi connectivity index (χ0) is 15.5. The van der Waals surface area contributed by atoms with E-state index >= 15 is 0 Å². The maximum atomic E-state index is 12.4. The van der Waals surface area contributed by atoms with Gasteiger partial charge in [-0.25, -0.2) is 0 Å². The molecule has 1 fully saturated rings. The van der Waals surface area contributed by atoms with Gasteiger partial charge in [0.25, 0.3) is 0 Å². The molecular formula is C16H21N3O3. The van der Waals surface area contributed by atoms with E-state index in [1.54, 1.807) is 6.92 Å². The van der Waals surface area contributed by atoms with Crippen molar-refractivity contribution in [1.29, 1.82) is 0 Å². The van der Waals surface area contributed by atoms with Crippen LogP contribution in [-0.2, 0) is 11.2 Å². The van der Waals surface area contributed by atoms with Crippen LogP contribution < -0.4 is 0 Å². The molecule has 0 bridgehead atoms. The molecule has 1 atom stereocenters. The van der Waals surface area contributed by atoms with Crippen LogP contribution in [0.5, 0.6) is 0 Å². The molecule has 6 heteroatoms. The monoisotopic (exact) mass is 303 g/mol.